The number of anilines is 1. The van der Waals surface area contributed by atoms with Crippen molar-refractivity contribution in [3.63, 3.8) is 0 Å². The van der Waals surface area contributed by atoms with Crippen LogP contribution in [0.3, 0.4) is 0 Å². The minimum atomic E-state index is -0.802. The number of rotatable bonds is 5. The number of aliphatic carboxylic acids is 1. The number of aryl methyl sites for hydroxylation is 1. The molecule has 0 radical (unpaired) electrons. The molecule has 0 spiro atoms. The zero-order valence-corrected chi connectivity index (χ0v) is 11.3. The van der Waals surface area contributed by atoms with Gasteiger partial charge in [-0.05, 0) is 36.1 Å². The molecule has 100 valence electrons. The fraction of sp³-hybridized carbons (Fsp3) is 0.500. The molecule has 1 N–H and O–H groups in total. The molecular formula is C14H20FNO2. The van der Waals surface area contributed by atoms with Crippen LogP contribution in [0.4, 0.5) is 10.1 Å². The largest absolute Gasteiger partial charge is 0.481 e. The van der Waals surface area contributed by atoms with Crippen molar-refractivity contribution in [1.82, 2.24) is 0 Å². The van der Waals surface area contributed by atoms with E-state index in [9.17, 15) is 9.18 Å². The second-order valence-electron chi connectivity index (χ2n) is 5.52. The topological polar surface area (TPSA) is 40.5 Å². The Morgan fingerprint density at radius 3 is 2.56 bits per heavy atom. The molecule has 0 saturated heterocycles. The van der Waals surface area contributed by atoms with Gasteiger partial charge >= 0.3 is 5.97 Å². The van der Waals surface area contributed by atoms with Gasteiger partial charge in [0.15, 0.2) is 0 Å². The predicted octanol–water partition coefficient (Wildman–Crippen LogP) is 3.07. The van der Waals surface area contributed by atoms with Crippen LogP contribution in [0, 0.1) is 18.2 Å². The van der Waals surface area contributed by atoms with E-state index in [0.717, 1.165) is 5.69 Å². The molecular weight excluding hydrogens is 233 g/mol. The zero-order chi connectivity index (χ0) is 13.9. The van der Waals surface area contributed by atoms with Gasteiger partial charge in [0.05, 0.1) is 6.42 Å². The molecule has 0 aliphatic carbocycles. The van der Waals surface area contributed by atoms with Crippen molar-refractivity contribution in [3.05, 3.63) is 29.6 Å². The molecule has 18 heavy (non-hydrogen) atoms. The van der Waals surface area contributed by atoms with Crippen molar-refractivity contribution in [3.8, 4) is 0 Å². The second kappa shape index (κ2) is 5.38. The van der Waals surface area contributed by atoms with Gasteiger partial charge in [-0.25, -0.2) is 4.39 Å². The summed E-state index contributed by atoms with van der Waals surface area (Å²) in [6.45, 7) is 6.14. The second-order valence-corrected chi connectivity index (χ2v) is 5.52. The Morgan fingerprint density at radius 1 is 1.44 bits per heavy atom. The van der Waals surface area contributed by atoms with Gasteiger partial charge in [-0.3, -0.25) is 4.79 Å². The minimum absolute atomic E-state index is 0.109. The number of carbonyl (C=O) groups is 1. The van der Waals surface area contributed by atoms with Gasteiger partial charge in [0, 0.05) is 19.3 Å². The molecule has 0 aromatic heterocycles. The Labute approximate surface area is 107 Å². The first-order valence-electron chi connectivity index (χ1n) is 5.90. The average molecular weight is 253 g/mol. The Bertz CT molecular complexity index is 443. The maximum Gasteiger partial charge on any atom is 0.303 e. The zero-order valence-electron chi connectivity index (χ0n) is 11.3. The number of carboxylic acid groups (broad SMARTS) is 1. The molecule has 0 aliphatic heterocycles. The fourth-order valence-corrected chi connectivity index (χ4v) is 2.06. The summed E-state index contributed by atoms with van der Waals surface area (Å²) in [6.07, 6.45) is 0.109. The van der Waals surface area contributed by atoms with Crippen LogP contribution in [0.1, 0.15) is 25.8 Å². The molecule has 0 fully saturated rings. The molecule has 0 amide bonds. The minimum Gasteiger partial charge on any atom is -0.481 e. The van der Waals surface area contributed by atoms with E-state index in [2.05, 4.69) is 0 Å². The summed E-state index contributed by atoms with van der Waals surface area (Å²) in [5.41, 5.74) is 1.16. The molecule has 0 saturated carbocycles. The highest BCUT2D eigenvalue weighted by Crippen LogP contribution is 2.25. The van der Waals surface area contributed by atoms with E-state index in [1.807, 2.05) is 25.8 Å². The number of carboxylic acids is 1. The van der Waals surface area contributed by atoms with E-state index in [1.165, 1.54) is 6.07 Å². The molecule has 0 atom stereocenters. The fourth-order valence-electron chi connectivity index (χ4n) is 2.06. The lowest BCUT2D eigenvalue weighted by molar-refractivity contribution is -0.139. The molecule has 1 aromatic rings. The number of hydrogen-bond acceptors (Lipinski definition) is 2. The SMILES string of the molecule is Cc1cc(N(C)CC(C)(C)CC(=O)O)ccc1F. The van der Waals surface area contributed by atoms with Crippen molar-refractivity contribution in [2.24, 2.45) is 5.41 Å². The van der Waals surface area contributed by atoms with Gasteiger partial charge in [-0.1, -0.05) is 13.8 Å². The number of benzene rings is 1. The Balaban J connectivity index is 2.78. The van der Waals surface area contributed by atoms with Gasteiger partial charge in [0.1, 0.15) is 5.82 Å². The maximum atomic E-state index is 13.2. The van der Waals surface area contributed by atoms with Crippen LogP contribution >= 0.6 is 0 Å². The Hall–Kier alpha value is -1.58. The summed E-state index contributed by atoms with van der Waals surface area (Å²) in [5.74, 6) is -1.03. The van der Waals surface area contributed by atoms with E-state index in [-0.39, 0.29) is 17.7 Å². The molecule has 0 aliphatic rings. The molecule has 3 nitrogen and oxygen atoms in total. The molecule has 0 bridgehead atoms. The third kappa shape index (κ3) is 4.02. The highest BCUT2D eigenvalue weighted by Gasteiger charge is 2.23. The summed E-state index contributed by atoms with van der Waals surface area (Å²) in [5, 5.41) is 8.84. The van der Waals surface area contributed by atoms with Crippen molar-refractivity contribution in [2.45, 2.75) is 27.2 Å². The molecule has 0 heterocycles. The summed E-state index contributed by atoms with van der Waals surface area (Å²) in [4.78, 5) is 12.7. The van der Waals surface area contributed by atoms with Gasteiger partial charge < -0.3 is 10.0 Å². The average Bonchev–Trinajstić information content (AvgIpc) is 2.19. The van der Waals surface area contributed by atoms with E-state index >= 15 is 0 Å². The van der Waals surface area contributed by atoms with Crippen LogP contribution in [0.5, 0.6) is 0 Å². The first kappa shape index (κ1) is 14.5. The van der Waals surface area contributed by atoms with E-state index in [1.54, 1.807) is 19.1 Å². The predicted molar refractivity (Wildman–Crippen MR) is 70.4 cm³/mol. The van der Waals surface area contributed by atoms with Gasteiger partial charge in [-0.2, -0.15) is 0 Å². The Morgan fingerprint density at radius 2 is 2.06 bits per heavy atom. The van der Waals surface area contributed by atoms with Crippen LogP contribution < -0.4 is 4.90 Å². The smallest absolute Gasteiger partial charge is 0.303 e. The van der Waals surface area contributed by atoms with Crippen LogP contribution in [0.25, 0.3) is 0 Å². The lowest BCUT2D eigenvalue weighted by atomic mass is 9.88. The van der Waals surface area contributed by atoms with Crippen molar-refractivity contribution in [2.75, 3.05) is 18.5 Å². The lowest BCUT2D eigenvalue weighted by Gasteiger charge is -2.30. The lowest BCUT2D eigenvalue weighted by Crippen LogP contribution is -2.33. The monoisotopic (exact) mass is 253 g/mol. The number of nitrogens with zero attached hydrogens (tertiary/aromatic N) is 1. The molecule has 1 rings (SSSR count). The standard InChI is InChI=1S/C14H20FNO2/c1-10-7-11(5-6-12(10)15)16(4)9-14(2,3)8-13(17)18/h5-7H,8-9H2,1-4H3,(H,17,18). The van der Waals surface area contributed by atoms with Crippen LogP contribution in [0.15, 0.2) is 18.2 Å². The van der Waals surface area contributed by atoms with E-state index in [4.69, 9.17) is 5.11 Å². The third-order valence-corrected chi connectivity index (χ3v) is 2.88. The van der Waals surface area contributed by atoms with Crippen LogP contribution in [-0.4, -0.2) is 24.7 Å². The quantitative estimate of drug-likeness (QED) is 0.876. The van der Waals surface area contributed by atoms with Gasteiger partial charge in [0.25, 0.3) is 0 Å². The highest BCUT2D eigenvalue weighted by atomic mass is 19.1. The van der Waals surface area contributed by atoms with Gasteiger partial charge in [-0.15, -0.1) is 0 Å². The first-order chi connectivity index (χ1) is 8.21. The van der Waals surface area contributed by atoms with Crippen molar-refractivity contribution >= 4 is 11.7 Å². The van der Waals surface area contributed by atoms with Gasteiger partial charge in [0.2, 0.25) is 0 Å². The molecule has 4 heteroatoms. The van der Waals surface area contributed by atoms with E-state index in [0.29, 0.717) is 12.1 Å². The normalized spacial score (nSPS) is 11.4. The molecule has 1 aromatic carbocycles. The summed E-state index contributed by atoms with van der Waals surface area (Å²) in [6, 6.07) is 4.91. The van der Waals surface area contributed by atoms with Crippen LogP contribution in [0.2, 0.25) is 0 Å². The summed E-state index contributed by atoms with van der Waals surface area (Å²) < 4.78 is 13.2. The summed E-state index contributed by atoms with van der Waals surface area (Å²) in [7, 11) is 1.89. The molecule has 0 unspecified atom stereocenters. The number of hydrogen-bond donors (Lipinski definition) is 1. The van der Waals surface area contributed by atoms with Crippen molar-refractivity contribution in [1.29, 1.82) is 0 Å². The highest BCUT2D eigenvalue weighted by molar-refractivity contribution is 5.67. The Kier molecular flexibility index (Phi) is 4.33. The first-order valence-corrected chi connectivity index (χ1v) is 5.90. The van der Waals surface area contributed by atoms with E-state index < -0.39 is 5.97 Å². The van der Waals surface area contributed by atoms with Crippen molar-refractivity contribution < 1.29 is 14.3 Å². The maximum absolute atomic E-state index is 13.2. The third-order valence-electron chi connectivity index (χ3n) is 2.88. The summed E-state index contributed by atoms with van der Waals surface area (Å²) >= 11 is 0. The van der Waals surface area contributed by atoms with Crippen LogP contribution in [-0.2, 0) is 4.79 Å². The number of halogens is 1.